The second kappa shape index (κ2) is 5.30. The van der Waals surface area contributed by atoms with E-state index in [1.165, 1.54) is 18.4 Å². The van der Waals surface area contributed by atoms with Crippen molar-refractivity contribution in [2.75, 3.05) is 5.75 Å². The maximum absolute atomic E-state index is 6.20. The van der Waals surface area contributed by atoms with Gasteiger partial charge in [0, 0.05) is 11.8 Å². The Labute approximate surface area is 116 Å². The molecule has 1 fully saturated rings. The van der Waals surface area contributed by atoms with E-state index in [0.717, 1.165) is 16.5 Å². The van der Waals surface area contributed by atoms with Gasteiger partial charge in [0.05, 0.1) is 6.04 Å². The van der Waals surface area contributed by atoms with Gasteiger partial charge in [-0.25, -0.2) is 4.68 Å². The van der Waals surface area contributed by atoms with Gasteiger partial charge in [0.15, 0.2) is 0 Å². The maximum Gasteiger partial charge on any atom is 0.209 e. The summed E-state index contributed by atoms with van der Waals surface area (Å²) in [6, 6.07) is 8.87. The van der Waals surface area contributed by atoms with E-state index in [4.69, 9.17) is 5.73 Å². The van der Waals surface area contributed by atoms with Crippen LogP contribution < -0.4 is 5.73 Å². The first-order valence-corrected chi connectivity index (χ1v) is 7.45. The smallest absolute Gasteiger partial charge is 0.209 e. The summed E-state index contributed by atoms with van der Waals surface area (Å²) in [5, 5.41) is 12.7. The van der Waals surface area contributed by atoms with Gasteiger partial charge in [-0.05, 0) is 35.8 Å². The quantitative estimate of drug-likeness (QED) is 0.846. The minimum absolute atomic E-state index is 0.00922. The summed E-state index contributed by atoms with van der Waals surface area (Å²) in [5.74, 6) is 0.788. The molecule has 5 nitrogen and oxygen atoms in total. The van der Waals surface area contributed by atoms with E-state index >= 15 is 0 Å². The van der Waals surface area contributed by atoms with Crippen LogP contribution >= 0.6 is 11.8 Å². The van der Waals surface area contributed by atoms with Crippen LogP contribution in [0.1, 0.15) is 36.1 Å². The second-order valence-electron chi connectivity index (χ2n) is 4.97. The number of benzene rings is 1. The molecule has 1 atom stereocenters. The SMILES string of the molecule is Cc1ccc(C(N)CSc2nnnn2C2CC2)cc1. The predicted octanol–water partition coefficient (Wildman–Crippen LogP) is 2.11. The Hall–Kier alpha value is -1.40. The summed E-state index contributed by atoms with van der Waals surface area (Å²) in [7, 11) is 0. The molecule has 0 saturated heterocycles. The molecule has 3 rings (SSSR count). The average molecular weight is 275 g/mol. The van der Waals surface area contributed by atoms with Gasteiger partial charge in [-0.15, -0.1) is 5.10 Å². The second-order valence-corrected chi connectivity index (χ2v) is 5.95. The lowest BCUT2D eigenvalue weighted by atomic mass is 10.1. The number of hydrogen-bond donors (Lipinski definition) is 1. The van der Waals surface area contributed by atoms with Crippen LogP contribution in [0.25, 0.3) is 0 Å². The number of nitrogens with zero attached hydrogens (tertiary/aromatic N) is 4. The molecule has 1 aromatic carbocycles. The zero-order valence-corrected chi connectivity index (χ0v) is 11.7. The Morgan fingerprint density at radius 1 is 1.37 bits per heavy atom. The first-order valence-electron chi connectivity index (χ1n) is 6.47. The molecule has 1 aromatic heterocycles. The summed E-state index contributed by atoms with van der Waals surface area (Å²) in [6.07, 6.45) is 2.37. The minimum atomic E-state index is 0.00922. The van der Waals surface area contributed by atoms with Crippen molar-refractivity contribution in [3.05, 3.63) is 35.4 Å². The molecule has 0 aliphatic heterocycles. The topological polar surface area (TPSA) is 69.6 Å². The predicted molar refractivity (Wildman–Crippen MR) is 74.9 cm³/mol. The number of tetrazole rings is 1. The third kappa shape index (κ3) is 2.96. The average Bonchev–Trinajstić information content (AvgIpc) is 3.16. The van der Waals surface area contributed by atoms with E-state index in [-0.39, 0.29) is 6.04 Å². The summed E-state index contributed by atoms with van der Waals surface area (Å²) in [5.41, 5.74) is 8.61. The summed E-state index contributed by atoms with van der Waals surface area (Å²) < 4.78 is 1.92. The molecule has 2 aromatic rings. The molecule has 0 amide bonds. The Bertz CT molecular complexity index is 546. The van der Waals surface area contributed by atoms with Gasteiger partial charge in [-0.2, -0.15) is 0 Å². The van der Waals surface area contributed by atoms with Crippen molar-refractivity contribution in [1.29, 1.82) is 0 Å². The van der Waals surface area contributed by atoms with E-state index in [2.05, 4.69) is 46.7 Å². The van der Waals surface area contributed by atoms with Crippen LogP contribution in [0.5, 0.6) is 0 Å². The third-order valence-electron chi connectivity index (χ3n) is 3.25. The number of thioether (sulfide) groups is 1. The van der Waals surface area contributed by atoms with Gasteiger partial charge in [0.1, 0.15) is 0 Å². The van der Waals surface area contributed by atoms with Crippen LogP contribution in [0.4, 0.5) is 0 Å². The molecule has 100 valence electrons. The molecule has 1 aliphatic rings. The van der Waals surface area contributed by atoms with Crippen molar-refractivity contribution in [2.45, 2.75) is 37.0 Å². The van der Waals surface area contributed by atoms with Gasteiger partial charge in [-0.1, -0.05) is 41.6 Å². The first-order chi connectivity index (χ1) is 9.24. The van der Waals surface area contributed by atoms with Crippen molar-refractivity contribution in [3.8, 4) is 0 Å². The third-order valence-corrected chi connectivity index (χ3v) is 4.31. The summed E-state index contributed by atoms with van der Waals surface area (Å²) >= 11 is 1.63. The highest BCUT2D eigenvalue weighted by Gasteiger charge is 2.28. The maximum atomic E-state index is 6.20. The number of aromatic nitrogens is 4. The Balaban J connectivity index is 1.62. The molecule has 0 radical (unpaired) electrons. The van der Waals surface area contributed by atoms with E-state index in [0.29, 0.717) is 6.04 Å². The van der Waals surface area contributed by atoms with Gasteiger partial charge in [0.2, 0.25) is 5.16 Å². The Morgan fingerprint density at radius 2 is 2.11 bits per heavy atom. The standard InChI is InChI=1S/C13H17N5S/c1-9-2-4-10(5-3-9)12(14)8-19-13-15-16-17-18(13)11-6-7-11/h2-5,11-12H,6-8,14H2,1H3. The first kappa shape index (κ1) is 12.6. The van der Waals surface area contributed by atoms with Crippen molar-refractivity contribution < 1.29 is 0 Å². The van der Waals surface area contributed by atoms with Gasteiger partial charge >= 0.3 is 0 Å². The molecule has 2 N–H and O–H groups in total. The number of aryl methyl sites for hydroxylation is 1. The molecular formula is C13H17N5S. The van der Waals surface area contributed by atoms with Crippen molar-refractivity contribution in [1.82, 2.24) is 20.2 Å². The normalized spacial score (nSPS) is 16.5. The Kier molecular flexibility index (Phi) is 3.52. The largest absolute Gasteiger partial charge is 0.323 e. The highest BCUT2D eigenvalue weighted by molar-refractivity contribution is 7.99. The molecule has 1 unspecified atom stereocenters. The fraction of sp³-hybridized carbons (Fsp3) is 0.462. The van der Waals surface area contributed by atoms with Crippen molar-refractivity contribution in [3.63, 3.8) is 0 Å². The van der Waals surface area contributed by atoms with Gasteiger partial charge < -0.3 is 5.73 Å². The van der Waals surface area contributed by atoms with Gasteiger partial charge in [0.25, 0.3) is 0 Å². The molecule has 6 heteroatoms. The van der Waals surface area contributed by atoms with E-state index in [1.54, 1.807) is 11.8 Å². The number of nitrogens with two attached hydrogens (primary N) is 1. The molecule has 0 spiro atoms. The number of rotatable bonds is 5. The molecule has 19 heavy (non-hydrogen) atoms. The molecule has 0 bridgehead atoms. The fourth-order valence-electron chi connectivity index (χ4n) is 1.90. The van der Waals surface area contributed by atoms with Gasteiger partial charge in [-0.3, -0.25) is 0 Å². The van der Waals surface area contributed by atoms with Crippen molar-refractivity contribution in [2.24, 2.45) is 5.73 Å². The minimum Gasteiger partial charge on any atom is -0.323 e. The van der Waals surface area contributed by atoms with E-state index in [1.807, 2.05) is 4.68 Å². The monoisotopic (exact) mass is 275 g/mol. The highest BCUT2D eigenvalue weighted by atomic mass is 32.2. The molecule has 1 aliphatic carbocycles. The Morgan fingerprint density at radius 3 is 2.79 bits per heavy atom. The van der Waals surface area contributed by atoms with Crippen molar-refractivity contribution >= 4 is 11.8 Å². The lowest BCUT2D eigenvalue weighted by Gasteiger charge is -2.11. The van der Waals surface area contributed by atoms with Crippen LogP contribution in [-0.4, -0.2) is 26.0 Å². The summed E-state index contributed by atoms with van der Waals surface area (Å²) in [6.45, 7) is 2.08. The van der Waals surface area contributed by atoms with Crippen LogP contribution in [0, 0.1) is 6.92 Å². The highest BCUT2D eigenvalue weighted by Crippen LogP contribution is 2.36. The lowest BCUT2D eigenvalue weighted by Crippen LogP contribution is -2.13. The van der Waals surface area contributed by atoms with Crippen LogP contribution in [0.3, 0.4) is 0 Å². The zero-order chi connectivity index (χ0) is 13.2. The van der Waals surface area contributed by atoms with Crippen LogP contribution in [0.2, 0.25) is 0 Å². The molecule has 1 heterocycles. The molecular weight excluding hydrogens is 258 g/mol. The van der Waals surface area contributed by atoms with Crippen LogP contribution in [0.15, 0.2) is 29.4 Å². The van der Waals surface area contributed by atoms with Crippen LogP contribution in [-0.2, 0) is 0 Å². The number of hydrogen-bond acceptors (Lipinski definition) is 5. The fourth-order valence-corrected chi connectivity index (χ4v) is 2.84. The zero-order valence-electron chi connectivity index (χ0n) is 10.9. The summed E-state index contributed by atoms with van der Waals surface area (Å²) in [4.78, 5) is 0. The molecule has 1 saturated carbocycles. The van der Waals surface area contributed by atoms with E-state index < -0.39 is 0 Å². The van der Waals surface area contributed by atoms with E-state index in [9.17, 15) is 0 Å². The lowest BCUT2D eigenvalue weighted by molar-refractivity contribution is 0.565.